The van der Waals surface area contributed by atoms with Gasteiger partial charge in [0.05, 0.1) is 17.4 Å². The summed E-state index contributed by atoms with van der Waals surface area (Å²) in [6, 6.07) is 14.8. The van der Waals surface area contributed by atoms with Gasteiger partial charge in [0.15, 0.2) is 0 Å². The number of hydrogen-bond acceptors (Lipinski definition) is 4. The second-order valence-electron chi connectivity index (χ2n) is 8.10. The van der Waals surface area contributed by atoms with Crippen LogP contribution >= 0.6 is 0 Å². The highest BCUT2D eigenvalue weighted by Gasteiger charge is 2.18. The minimum Gasteiger partial charge on any atom is -0.354 e. The molecule has 0 aliphatic rings. The standard InChI is InChI=1S/C24H27N5O3/c1-4-17(3)25-21(30)13-14-27-22(31)19-11-7-8-12-20(19)29-23(27)26-28(24(29)32)15-18-10-6-5-9-16(18)2/h5-12,17H,4,13-15H2,1-3H3,(H,25,30). The normalized spacial score (nSPS) is 12.3. The van der Waals surface area contributed by atoms with Gasteiger partial charge in [0, 0.05) is 19.0 Å². The van der Waals surface area contributed by atoms with Crippen LogP contribution < -0.4 is 16.6 Å². The fraction of sp³-hybridized carbons (Fsp3) is 0.333. The zero-order valence-corrected chi connectivity index (χ0v) is 18.5. The van der Waals surface area contributed by atoms with Gasteiger partial charge in [0.25, 0.3) is 5.56 Å². The Kier molecular flexibility index (Phi) is 5.94. The molecule has 1 amide bonds. The molecule has 0 saturated carbocycles. The van der Waals surface area contributed by atoms with E-state index in [1.807, 2.05) is 45.0 Å². The van der Waals surface area contributed by atoms with E-state index >= 15 is 0 Å². The van der Waals surface area contributed by atoms with Gasteiger partial charge in [-0.25, -0.2) is 13.9 Å². The van der Waals surface area contributed by atoms with E-state index in [-0.39, 0.29) is 41.9 Å². The molecule has 4 rings (SSSR count). The summed E-state index contributed by atoms with van der Waals surface area (Å²) in [6.07, 6.45) is 0.946. The van der Waals surface area contributed by atoms with Crippen molar-refractivity contribution in [3.05, 3.63) is 80.5 Å². The van der Waals surface area contributed by atoms with Crippen LogP contribution in [0.3, 0.4) is 0 Å². The van der Waals surface area contributed by atoms with Crippen LogP contribution in [-0.2, 0) is 17.9 Å². The maximum atomic E-state index is 13.3. The molecule has 0 radical (unpaired) electrons. The third-order valence-electron chi connectivity index (χ3n) is 5.85. The number of aryl methyl sites for hydroxylation is 2. The highest BCUT2D eigenvalue weighted by atomic mass is 16.2. The Balaban J connectivity index is 1.83. The number of fused-ring (bicyclic) bond motifs is 3. The smallest absolute Gasteiger partial charge is 0.352 e. The van der Waals surface area contributed by atoms with Gasteiger partial charge in [-0.2, -0.15) is 0 Å². The summed E-state index contributed by atoms with van der Waals surface area (Å²) in [7, 11) is 0. The average Bonchev–Trinajstić information content (AvgIpc) is 3.11. The lowest BCUT2D eigenvalue weighted by atomic mass is 10.1. The van der Waals surface area contributed by atoms with E-state index in [1.54, 1.807) is 24.3 Å². The molecule has 0 saturated heterocycles. The van der Waals surface area contributed by atoms with E-state index in [9.17, 15) is 14.4 Å². The van der Waals surface area contributed by atoms with E-state index < -0.39 is 0 Å². The zero-order valence-electron chi connectivity index (χ0n) is 18.5. The summed E-state index contributed by atoms with van der Waals surface area (Å²) in [5.74, 6) is 0.0999. The van der Waals surface area contributed by atoms with E-state index in [0.717, 1.165) is 17.5 Å². The lowest BCUT2D eigenvalue weighted by molar-refractivity contribution is -0.121. The Hall–Kier alpha value is -3.68. The maximum absolute atomic E-state index is 13.3. The van der Waals surface area contributed by atoms with Gasteiger partial charge in [0.2, 0.25) is 11.7 Å². The molecule has 0 aliphatic heterocycles. The fourth-order valence-electron chi connectivity index (χ4n) is 3.78. The molecule has 2 heterocycles. The first-order valence-corrected chi connectivity index (χ1v) is 10.9. The van der Waals surface area contributed by atoms with Crippen molar-refractivity contribution < 1.29 is 4.79 Å². The van der Waals surface area contributed by atoms with Crippen LogP contribution in [0.15, 0.2) is 58.1 Å². The van der Waals surface area contributed by atoms with Gasteiger partial charge < -0.3 is 5.32 Å². The SMILES string of the molecule is CCC(C)NC(=O)CCn1c(=O)c2ccccc2n2c(=O)n(Cc3ccccc3C)nc12. The molecule has 1 N–H and O–H groups in total. The zero-order chi connectivity index (χ0) is 22.8. The minimum absolute atomic E-state index is 0.0618. The number of benzene rings is 2. The number of nitrogens with one attached hydrogen (secondary N) is 1. The molecule has 0 bridgehead atoms. The van der Waals surface area contributed by atoms with Crippen LogP contribution in [-0.4, -0.2) is 30.7 Å². The number of amides is 1. The Morgan fingerprint density at radius 1 is 1.09 bits per heavy atom. The average molecular weight is 434 g/mol. The summed E-state index contributed by atoms with van der Waals surface area (Å²) >= 11 is 0. The fourth-order valence-corrected chi connectivity index (χ4v) is 3.78. The number of carbonyl (C=O) groups excluding carboxylic acids is 1. The summed E-state index contributed by atoms with van der Waals surface area (Å²) < 4.78 is 4.26. The molecule has 1 unspecified atom stereocenters. The van der Waals surface area contributed by atoms with Crippen LogP contribution in [0.25, 0.3) is 16.7 Å². The number of carbonyl (C=O) groups is 1. The van der Waals surface area contributed by atoms with Gasteiger partial charge in [-0.15, -0.1) is 5.10 Å². The molecule has 1 atom stereocenters. The number of hydrogen-bond donors (Lipinski definition) is 1. The molecular formula is C24H27N5O3. The second-order valence-corrected chi connectivity index (χ2v) is 8.10. The van der Waals surface area contributed by atoms with Crippen molar-refractivity contribution in [3.63, 3.8) is 0 Å². The highest BCUT2D eigenvalue weighted by molar-refractivity contribution is 5.80. The van der Waals surface area contributed by atoms with Crippen molar-refractivity contribution in [3.8, 4) is 0 Å². The predicted molar refractivity (Wildman–Crippen MR) is 124 cm³/mol. The molecule has 0 spiro atoms. The molecule has 166 valence electrons. The Morgan fingerprint density at radius 2 is 1.81 bits per heavy atom. The summed E-state index contributed by atoms with van der Waals surface area (Å²) in [5.41, 5.74) is 1.95. The third-order valence-corrected chi connectivity index (χ3v) is 5.85. The van der Waals surface area contributed by atoms with Crippen molar-refractivity contribution in [2.45, 2.75) is 52.7 Å². The molecule has 0 aliphatic carbocycles. The summed E-state index contributed by atoms with van der Waals surface area (Å²) in [5, 5.41) is 7.84. The van der Waals surface area contributed by atoms with Crippen molar-refractivity contribution in [2.24, 2.45) is 0 Å². The van der Waals surface area contributed by atoms with E-state index in [2.05, 4.69) is 10.4 Å². The summed E-state index contributed by atoms with van der Waals surface area (Å²) in [6.45, 7) is 6.35. The number of para-hydroxylation sites is 1. The maximum Gasteiger partial charge on any atom is 0.352 e. The number of aromatic nitrogens is 4. The minimum atomic E-state index is -0.322. The molecule has 8 nitrogen and oxygen atoms in total. The van der Waals surface area contributed by atoms with E-state index in [0.29, 0.717) is 17.4 Å². The molecule has 0 fully saturated rings. The monoisotopic (exact) mass is 433 g/mol. The topological polar surface area (TPSA) is 90.4 Å². The van der Waals surface area contributed by atoms with E-state index in [4.69, 9.17) is 0 Å². The molecule has 32 heavy (non-hydrogen) atoms. The first kappa shape index (κ1) is 21.5. The second kappa shape index (κ2) is 8.82. The van der Waals surface area contributed by atoms with Gasteiger partial charge in [-0.3, -0.25) is 14.2 Å². The Labute approximate surface area is 185 Å². The van der Waals surface area contributed by atoms with Crippen molar-refractivity contribution in [1.29, 1.82) is 0 Å². The van der Waals surface area contributed by atoms with Crippen molar-refractivity contribution in [1.82, 2.24) is 24.1 Å². The highest BCUT2D eigenvalue weighted by Crippen LogP contribution is 2.13. The molecule has 2 aromatic heterocycles. The van der Waals surface area contributed by atoms with Crippen LogP contribution in [0, 0.1) is 6.92 Å². The van der Waals surface area contributed by atoms with Crippen molar-refractivity contribution in [2.75, 3.05) is 0 Å². The number of nitrogens with zero attached hydrogens (tertiary/aromatic N) is 4. The van der Waals surface area contributed by atoms with Crippen LogP contribution in [0.4, 0.5) is 0 Å². The number of rotatable bonds is 7. The first-order chi connectivity index (χ1) is 15.4. The largest absolute Gasteiger partial charge is 0.354 e. The lowest BCUT2D eigenvalue weighted by Crippen LogP contribution is -2.34. The molecule has 2 aromatic carbocycles. The molecular weight excluding hydrogens is 406 g/mol. The Morgan fingerprint density at radius 3 is 2.56 bits per heavy atom. The van der Waals surface area contributed by atoms with Gasteiger partial charge in [-0.05, 0) is 43.5 Å². The quantitative estimate of drug-likeness (QED) is 0.485. The molecule has 8 heteroatoms. The van der Waals surface area contributed by atoms with Crippen molar-refractivity contribution >= 4 is 22.6 Å². The lowest BCUT2D eigenvalue weighted by Gasteiger charge is -2.12. The first-order valence-electron chi connectivity index (χ1n) is 10.9. The van der Waals surface area contributed by atoms with Gasteiger partial charge in [-0.1, -0.05) is 43.3 Å². The summed E-state index contributed by atoms with van der Waals surface area (Å²) in [4.78, 5) is 38.9. The van der Waals surface area contributed by atoms with Crippen LogP contribution in [0.2, 0.25) is 0 Å². The van der Waals surface area contributed by atoms with Gasteiger partial charge >= 0.3 is 5.69 Å². The molecule has 4 aromatic rings. The van der Waals surface area contributed by atoms with Crippen LogP contribution in [0.1, 0.15) is 37.8 Å². The Bertz CT molecular complexity index is 1410. The third kappa shape index (κ3) is 3.95. The van der Waals surface area contributed by atoms with Crippen LogP contribution in [0.5, 0.6) is 0 Å². The van der Waals surface area contributed by atoms with Gasteiger partial charge in [0.1, 0.15) is 0 Å². The predicted octanol–water partition coefficient (Wildman–Crippen LogP) is 2.47. The van der Waals surface area contributed by atoms with E-state index in [1.165, 1.54) is 13.6 Å².